The van der Waals surface area contributed by atoms with E-state index in [4.69, 9.17) is 9.47 Å². The summed E-state index contributed by atoms with van der Waals surface area (Å²) in [6, 6.07) is 13.3. The number of anilines is 1. The number of hydrogen-bond acceptors (Lipinski definition) is 7. The van der Waals surface area contributed by atoms with Crippen LogP contribution in [-0.2, 0) is 16.0 Å². The van der Waals surface area contributed by atoms with Gasteiger partial charge in [-0.05, 0) is 36.2 Å². The van der Waals surface area contributed by atoms with Crippen LogP contribution in [0.5, 0.6) is 11.5 Å². The predicted molar refractivity (Wildman–Crippen MR) is 101 cm³/mol. The minimum absolute atomic E-state index is 0.274. The second-order valence-corrected chi connectivity index (χ2v) is 6.54. The summed E-state index contributed by atoms with van der Waals surface area (Å²) in [7, 11) is 3.14. The standard InChI is InChI=1S/C20H20N4O4/c1-27-15-9-8-13(12-16(15)28-2)10-11-23-19(25)17-18(20(23)26)24(22-21-17)14-6-4-3-5-7-14/h3-9,12,17-18H,10-11H2,1-2H3. The number of carbonyl (C=O) groups is 2. The van der Waals surface area contributed by atoms with Crippen LogP contribution in [-0.4, -0.2) is 49.6 Å². The van der Waals surface area contributed by atoms with Gasteiger partial charge in [0.2, 0.25) is 0 Å². The van der Waals surface area contributed by atoms with Crippen LogP contribution in [0.25, 0.3) is 0 Å². The molecule has 2 unspecified atom stereocenters. The molecule has 2 atom stereocenters. The van der Waals surface area contributed by atoms with Gasteiger partial charge in [-0.1, -0.05) is 29.5 Å². The smallest absolute Gasteiger partial charge is 0.258 e. The van der Waals surface area contributed by atoms with Gasteiger partial charge in [0, 0.05) is 6.54 Å². The molecule has 144 valence electrons. The van der Waals surface area contributed by atoms with Crippen molar-refractivity contribution in [3.05, 3.63) is 54.1 Å². The fraction of sp³-hybridized carbons (Fsp3) is 0.300. The van der Waals surface area contributed by atoms with Gasteiger partial charge in [-0.25, -0.2) is 5.01 Å². The van der Waals surface area contributed by atoms with E-state index >= 15 is 0 Å². The molecular formula is C20H20N4O4. The van der Waals surface area contributed by atoms with Crippen molar-refractivity contribution in [2.24, 2.45) is 10.3 Å². The maximum atomic E-state index is 12.9. The van der Waals surface area contributed by atoms with Gasteiger partial charge < -0.3 is 9.47 Å². The van der Waals surface area contributed by atoms with Gasteiger partial charge in [-0.2, -0.15) is 5.11 Å². The molecule has 2 aliphatic heterocycles. The lowest BCUT2D eigenvalue weighted by atomic mass is 10.1. The summed E-state index contributed by atoms with van der Waals surface area (Å²) in [5, 5.41) is 9.62. The molecule has 0 spiro atoms. The Kier molecular flexibility index (Phi) is 4.68. The van der Waals surface area contributed by atoms with Crippen molar-refractivity contribution in [1.29, 1.82) is 0 Å². The van der Waals surface area contributed by atoms with Crippen molar-refractivity contribution >= 4 is 17.5 Å². The van der Waals surface area contributed by atoms with Crippen molar-refractivity contribution in [2.45, 2.75) is 18.5 Å². The van der Waals surface area contributed by atoms with E-state index in [1.807, 2.05) is 48.5 Å². The van der Waals surface area contributed by atoms with E-state index in [1.54, 1.807) is 14.2 Å². The van der Waals surface area contributed by atoms with Crippen LogP contribution in [0, 0.1) is 0 Å². The van der Waals surface area contributed by atoms with E-state index in [2.05, 4.69) is 10.3 Å². The predicted octanol–water partition coefficient (Wildman–Crippen LogP) is 2.24. The third-order valence-corrected chi connectivity index (χ3v) is 4.97. The highest BCUT2D eigenvalue weighted by atomic mass is 16.5. The quantitative estimate of drug-likeness (QED) is 0.718. The van der Waals surface area contributed by atoms with Crippen LogP contribution in [0.1, 0.15) is 5.56 Å². The van der Waals surface area contributed by atoms with Gasteiger partial charge in [0.05, 0.1) is 19.9 Å². The molecule has 2 aromatic carbocycles. The average Bonchev–Trinajstić information content (AvgIpc) is 3.27. The van der Waals surface area contributed by atoms with Crippen molar-refractivity contribution < 1.29 is 19.1 Å². The van der Waals surface area contributed by atoms with Crippen LogP contribution in [0.4, 0.5) is 5.69 Å². The lowest BCUT2D eigenvalue weighted by molar-refractivity contribution is -0.139. The second-order valence-electron chi connectivity index (χ2n) is 6.54. The third-order valence-electron chi connectivity index (χ3n) is 4.97. The number of likely N-dealkylation sites (tertiary alicyclic amines) is 1. The molecule has 28 heavy (non-hydrogen) atoms. The topological polar surface area (TPSA) is 83.8 Å². The molecule has 4 rings (SSSR count). The summed E-state index contributed by atoms with van der Waals surface area (Å²) in [5.41, 5.74) is 1.68. The number of nitrogens with zero attached hydrogens (tertiary/aromatic N) is 4. The van der Waals surface area contributed by atoms with Crippen molar-refractivity contribution in [3.63, 3.8) is 0 Å². The fourth-order valence-corrected chi connectivity index (χ4v) is 3.51. The minimum Gasteiger partial charge on any atom is -0.493 e. The molecule has 2 aromatic rings. The number of para-hydroxylation sites is 1. The second kappa shape index (κ2) is 7.30. The first-order valence-electron chi connectivity index (χ1n) is 8.95. The number of amides is 2. The summed E-state index contributed by atoms with van der Waals surface area (Å²) in [6.45, 7) is 0.276. The van der Waals surface area contributed by atoms with Crippen molar-refractivity contribution in [3.8, 4) is 11.5 Å². The van der Waals surface area contributed by atoms with Gasteiger partial charge >= 0.3 is 0 Å². The molecule has 2 aliphatic rings. The number of hydrogen-bond donors (Lipinski definition) is 0. The zero-order chi connectivity index (χ0) is 19.7. The van der Waals surface area contributed by atoms with E-state index in [-0.39, 0.29) is 18.4 Å². The van der Waals surface area contributed by atoms with Gasteiger partial charge in [0.25, 0.3) is 11.8 Å². The molecule has 0 bridgehead atoms. The van der Waals surface area contributed by atoms with Crippen LogP contribution in [0.3, 0.4) is 0 Å². The summed E-state index contributed by atoms with van der Waals surface area (Å²) in [5.74, 6) is 0.662. The zero-order valence-electron chi connectivity index (χ0n) is 15.6. The summed E-state index contributed by atoms with van der Waals surface area (Å²) < 4.78 is 10.5. The first kappa shape index (κ1) is 18.0. The molecule has 1 fully saturated rings. The number of benzene rings is 2. The number of rotatable bonds is 6. The van der Waals surface area contributed by atoms with Crippen LogP contribution < -0.4 is 14.5 Å². The molecule has 8 heteroatoms. The Balaban J connectivity index is 1.49. The Hall–Kier alpha value is -3.42. The Bertz CT molecular complexity index is 931. The van der Waals surface area contributed by atoms with Gasteiger partial charge in [0.15, 0.2) is 23.6 Å². The highest BCUT2D eigenvalue weighted by Gasteiger charge is 2.54. The zero-order valence-corrected chi connectivity index (χ0v) is 15.6. The van der Waals surface area contributed by atoms with Gasteiger partial charge in [0.1, 0.15) is 0 Å². The summed E-state index contributed by atoms with van der Waals surface area (Å²) >= 11 is 0. The van der Waals surface area contributed by atoms with E-state index in [1.165, 1.54) is 9.91 Å². The van der Waals surface area contributed by atoms with Gasteiger partial charge in [-0.3, -0.25) is 14.5 Å². The SMILES string of the molecule is COc1ccc(CCN2C(=O)C3N=NN(c4ccccc4)C3C2=O)cc1OC. The number of ether oxygens (including phenoxy) is 2. The maximum Gasteiger partial charge on any atom is 0.258 e. The third kappa shape index (κ3) is 2.96. The Morgan fingerprint density at radius 3 is 2.43 bits per heavy atom. The molecule has 2 heterocycles. The lowest BCUT2D eigenvalue weighted by Gasteiger charge is -2.20. The van der Waals surface area contributed by atoms with Crippen molar-refractivity contribution in [2.75, 3.05) is 25.8 Å². The molecule has 0 saturated carbocycles. The molecular weight excluding hydrogens is 360 g/mol. The monoisotopic (exact) mass is 380 g/mol. The van der Waals surface area contributed by atoms with E-state index < -0.39 is 12.1 Å². The number of methoxy groups -OCH3 is 2. The molecule has 0 N–H and O–H groups in total. The van der Waals surface area contributed by atoms with Crippen LogP contribution >= 0.6 is 0 Å². The molecule has 2 amide bonds. The largest absolute Gasteiger partial charge is 0.493 e. The maximum absolute atomic E-state index is 12.9. The lowest BCUT2D eigenvalue weighted by Crippen LogP contribution is -2.40. The number of imide groups is 1. The molecule has 0 aliphatic carbocycles. The number of carbonyl (C=O) groups excluding carboxylic acids is 2. The fourth-order valence-electron chi connectivity index (χ4n) is 3.51. The first-order chi connectivity index (χ1) is 13.6. The molecule has 8 nitrogen and oxygen atoms in total. The first-order valence-corrected chi connectivity index (χ1v) is 8.95. The summed E-state index contributed by atoms with van der Waals surface area (Å²) in [4.78, 5) is 26.9. The molecule has 0 aromatic heterocycles. The minimum atomic E-state index is -0.780. The van der Waals surface area contributed by atoms with E-state index in [9.17, 15) is 9.59 Å². The van der Waals surface area contributed by atoms with Crippen LogP contribution in [0.15, 0.2) is 58.9 Å². The number of fused-ring (bicyclic) bond motifs is 1. The molecule has 1 saturated heterocycles. The van der Waals surface area contributed by atoms with E-state index in [0.29, 0.717) is 17.9 Å². The highest BCUT2D eigenvalue weighted by Crippen LogP contribution is 2.33. The molecule has 0 radical (unpaired) electrons. The highest BCUT2D eigenvalue weighted by molar-refractivity contribution is 6.11. The Labute approximate surface area is 162 Å². The van der Waals surface area contributed by atoms with Crippen LogP contribution in [0.2, 0.25) is 0 Å². The van der Waals surface area contributed by atoms with E-state index in [0.717, 1.165) is 11.3 Å². The average molecular weight is 380 g/mol. The Morgan fingerprint density at radius 2 is 1.71 bits per heavy atom. The summed E-state index contributed by atoms with van der Waals surface area (Å²) in [6.07, 6.45) is 0.514. The normalized spacial score (nSPS) is 20.6. The Morgan fingerprint density at radius 1 is 0.964 bits per heavy atom. The van der Waals surface area contributed by atoms with Gasteiger partial charge in [-0.15, -0.1) is 0 Å². The van der Waals surface area contributed by atoms with Crippen molar-refractivity contribution in [1.82, 2.24) is 4.90 Å².